The summed E-state index contributed by atoms with van der Waals surface area (Å²) >= 11 is 0. The fourth-order valence-electron chi connectivity index (χ4n) is 4.40. The Bertz CT molecular complexity index is 896. The van der Waals surface area contributed by atoms with Crippen LogP contribution in [0.4, 0.5) is 5.69 Å². The molecule has 3 rings (SSSR count). The maximum Gasteiger partial charge on any atom is 0.363 e. The number of hydrogen-bond donors (Lipinski definition) is 0. The van der Waals surface area contributed by atoms with E-state index >= 15 is 0 Å². The highest BCUT2D eigenvalue weighted by Gasteiger charge is 2.42. The van der Waals surface area contributed by atoms with Gasteiger partial charge < -0.3 is 20.0 Å². The van der Waals surface area contributed by atoms with Gasteiger partial charge in [0.2, 0.25) is 5.91 Å². The number of ether oxygens (including phenoxy) is 1. The number of anilines is 1. The second-order valence-corrected chi connectivity index (χ2v) is 8.07. The molecule has 1 aromatic carbocycles. The zero-order valence-electron chi connectivity index (χ0n) is 19.8. The van der Waals surface area contributed by atoms with Crippen LogP contribution in [0.15, 0.2) is 35.1 Å². The molecule has 0 spiro atoms. The van der Waals surface area contributed by atoms with Crippen molar-refractivity contribution in [2.45, 2.75) is 58.2 Å². The lowest BCUT2D eigenvalue weighted by molar-refractivity contribution is -0.120. The van der Waals surface area contributed by atoms with Crippen LogP contribution in [-0.2, 0) is 22.6 Å². The zero-order valence-corrected chi connectivity index (χ0v) is 20.6. The lowest BCUT2D eigenvalue weighted by Crippen LogP contribution is -2.60. The van der Waals surface area contributed by atoms with E-state index in [1.807, 2.05) is 49.1 Å². The average molecular weight is 485 g/mol. The third-order valence-electron chi connectivity index (χ3n) is 6.08. The van der Waals surface area contributed by atoms with Gasteiger partial charge in [0.05, 0.1) is 12.1 Å². The number of likely N-dealkylation sites (tertiary alicyclic amines) is 1. The third-order valence-corrected chi connectivity index (χ3v) is 6.08. The molecule has 1 fully saturated rings. The monoisotopic (exact) mass is 484 g/mol. The van der Waals surface area contributed by atoms with Crippen LogP contribution in [-0.4, -0.2) is 75.0 Å². The topological polar surface area (TPSA) is 117 Å². The Hall–Kier alpha value is -2.27. The highest BCUT2D eigenvalue weighted by Crippen LogP contribution is 2.34. The summed E-state index contributed by atoms with van der Waals surface area (Å²) in [5, 5.41) is 7.80. The number of tetrazole rings is 1. The number of piperidine rings is 1. The number of halogens is 1. The summed E-state index contributed by atoms with van der Waals surface area (Å²) in [6.45, 7) is 8.01. The number of aromatic nitrogens is 4. The van der Waals surface area contributed by atoms with Crippen molar-refractivity contribution in [1.82, 2.24) is 24.7 Å². The minimum atomic E-state index is -0.347. The number of benzene rings is 1. The van der Waals surface area contributed by atoms with E-state index < -0.39 is 0 Å². The van der Waals surface area contributed by atoms with Crippen molar-refractivity contribution in [2.24, 2.45) is 0 Å². The largest absolute Gasteiger partial charge is 0.412 e. The number of methoxy groups -OCH3 is 1. The summed E-state index contributed by atoms with van der Waals surface area (Å²) < 4.78 is 8.41. The van der Waals surface area contributed by atoms with Crippen molar-refractivity contribution in [3.8, 4) is 0 Å². The normalized spacial score (nSPS) is 15.4. The lowest BCUT2D eigenvalue weighted by atomic mass is 9.85. The molecule has 11 heteroatoms. The summed E-state index contributed by atoms with van der Waals surface area (Å²) in [4.78, 5) is 29.4. The third kappa shape index (κ3) is 6.63. The highest BCUT2D eigenvalue weighted by molar-refractivity contribution is 5.94. The quantitative estimate of drug-likeness (QED) is 0.502. The van der Waals surface area contributed by atoms with Gasteiger partial charge in [-0.15, -0.1) is 12.4 Å². The summed E-state index contributed by atoms with van der Waals surface area (Å²) in [7, 11) is 1.70. The molecule has 0 bridgehead atoms. The fourth-order valence-corrected chi connectivity index (χ4v) is 4.40. The van der Waals surface area contributed by atoms with E-state index in [4.69, 9.17) is 4.74 Å². The second kappa shape index (κ2) is 13.4. The molecular weight excluding hydrogens is 448 g/mol. The number of nitrogens with zero attached hydrogens (tertiary/aromatic N) is 6. The Morgan fingerprint density at radius 3 is 2.27 bits per heavy atom. The number of amides is 1. The molecule has 0 saturated carbocycles. The highest BCUT2D eigenvalue weighted by atomic mass is 35.5. The first-order valence-corrected chi connectivity index (χ1v) is 11.1. The number of carbonyl (C=O) groups is 1. The van der Waals surface area contributed by atoms with Gasteiger partial charge in [-0.1, -0.05) is 25.1 Å². The van der Waals surface area contributed by atoms with Crippen LogP contribution in [0, 0.1) is 0 Å². The molecule has 1 saturated heterocycles. The van der Waals surface area contributed by atoms with Crippen molar-refractivity contribution >= 4 is 24.0 Å². The van der Waals surface area contributed by atoms with Gasteiger partial charge in [-0.25, -0.2) is 4.79 Å². The first kappa shape index (κ1) is 28.8. The van der Waals surface area contributed by atoms with Gasteiger partial charge in [0, 0.05) is 45.4 Å². The van der Waals surface area contributed by atoms with E-state index in [9.17, 15) is 9.59 Å². The smallest absolute Gasteiger partial charge is 0.363 e. The average Bonchev–Trinajstić information content (AvgIpc) is 3.15. The van der Waals surface area contributed by atoms with Gasteiger partial charge >= 0.3 is 5.69 Å². The Labute approximate surface area is 201 Å². The number of aryl methyl sites for hydroxylation is 2. The Morgan fingerprint density at radius 1 is 1.09 bits per heavy atom. The van der Waals surface area contributed by atoms with E-state index in [2.05, 4.69) is 15.3 Å². The predicted molar refractivity (Wildman–Crippen MR) is 130 cm³/mol. The van der Waals surface area contributed by atoms with Crippen molar-refractivity contribution in [1.29, 1.82) is 0 Å². The summed E-state index contributed by atoms with van der Waals surface area (Å²) in [5.41, 5.74) is 0.426. The first-order chi connectivity index (χ1) is 15.0. The molecule has 1 amide bonds. The zero-order chi connectivity index (χ0) is 22.3. The fraction of sp³-hybridized carbons (Fsp3) is 0.636. The molecule has 2 heterocycles. The molecule has 1 aliphatic heterocycles. The van der Waals surface area contributed by atoms with E-state index in [1.165, 1.54) is 9.36 Å². The molecule has 0 aliphatic carbocycles. The van der Waals surface area contributed by atoms with Crippen LogP contribution in [0.1, 0.15) is 39.5 Å². The Morgan fingerprint density at radius 2 is 1.73 bits per heavy atom. The van der Waals surface area contributed by atoms with E-state index in [0.29, 0.717) is 26.1 Å². The van der Waals surface area contributed by atoms with Gasteiger partial charge in [-0.2, -0.15) is 9.36 Å². The summed E-state index contributed by atoms with van der Waals surface area (Å²) in [5.74, 6) is 0.120. The molecule has 0 unspecified atom stereocenters. The van der Waals surface area contributed by atoms with Gasteiger partial charge in [0.15, 0.2) is 0 Å². The molecular formula is C22H37ClN6O4. The minimum absolute atomic E-state index is 0. The van der Waals surface area contributed by atoms with Crippen LogP contribution in [0.2, 0.25) is 0 Å². The first-order valence-electron chi connectivity index (χ1n) is 11.1. The standard InChI is InChI=1S/C22H34N6O3.ClH.H2O/c1-4-20(29)28(19-10-7-6-8-11-19)22(18-31-3)12-16-25(17-13-22)14-9-15-27-21(30)26(5-2)23-24-27;;/h6-8,10-11H,4-5,9,12-18H2,1-3H3;1H;1H2. The minimum Gasteiger partial charge on any atom is -0.412 e. The van der Waals surface area contributed by atoms with Crippen molar-refractivity contribution in [3.63, 3.8) is 0 Å². The summed E-state index contributed by atoms with van der Waals surface area (Å²) in [6.07, 6.45) is 2.97. The van der Waals surface area contributed by atoms with E-state index in [0.717, 1.165) is 44.6 Å². The summed E-state index contributed by atoms with van der Waals surface area (Å²) in [6, 6.07) is 9.90. The van der Waals surface area contributed by atoms with Crippen molar-refractivity contribution in [2.75, 3.05) is 38.3 Å². The van der Waals surface area contributed by atoms with Gasteiger partial charge in [-0.05, 0) is 55.3 Å². The van der Waals surface area contributed by atoms with E-state index in [-0.39, 0.29) is 35.0 Å². The molecule has 2 aromatic rings. The number of rotatable bonds is 10. The number of carbonyl (C=O) groups excluding carboxylic acids is 1. The number of hydrogen-bond acceptors (Lipinski definition) is 6. The van der Waals surface area contributed by atoms with Crippen molar-refractivity contribution in [3.05, 3.63) is 40.8 Å². The van der Waals surface area contributed by atoms with Crippen LogP contribution in [0.3, 0.4) is 0 Å². The molecule has 2 N–H and O–H groups in total. The van der Waals surface area contributed by atoms with Crippen molar-refractivity contribution < 1.29 is 15.0 Å². The van der Waals surface area contributed by atoms with Gasteiger partial charge in [-0.3, -0.25) is 4.79 Å². The Balaban J connectivity index is 0.00000272. The van der Waals surface area contributed by atoms with Crippen LogP contribution >= 0.6 is 12.4 Å². The molecule has 186 valence electrons. The van der Waals surface area contributed by atoms with Crippen LogP contribution < -0.4 is 10.6 Å². The maximum absolute atomic E-state index is 13.0. The Kier molecular flexibility index (Phi) is 11.7. The lowest BCUT2D eigenvalue weighted by Gasteiger charge is -2.48. The predicted octanol–water partition coefficient (Wildman–Crippen LogP) is 1.37. The molecule has 10 nitrogen and oxygen atoms in total. The van der Waals surface area contributed by atoms with Gasteiger partial charge in [0.25, 0.3) is 0 Å². The van der Waals surface area contributed by atoms with E-state index in [1.54, 1.807) is 7.11 Å². The number of para-hydroxylation sites is 1. The molecule has 33 heavy (non-hydrogen) atoms. The SMILES string of the molecule is CCC(=O)N(c1ccccc1)C1(COC)CCN(CCCn2nnn(CC)c2=O)CC1.Cl.O. The molecule has 0 radical (unpaired) electrons. The molecule has 1 aromatic heterocycles. The van der Waals surface area contributed by atoms with Gasteiger partial charge in [0.1, 0.15) is 0 Å². The molecule has 0 atom stereocenters. The van der Waals surface area contributed by atoms with Crippen LogP contribution in [0.5, 0.6) is 0 Å². The van der Waals surface area contributed by atoms with Crippen LogP contribution in [0.25, 0.3) is 0 Å². The second-order valence-electron chi connectivity index (χ2n) is 8.07. The molecule has 1 aliphatic rings. The maximum atomic E-state index is 13.0.